The summed E-state index contributed by atoms with van der Waals surface area (Å²) < 4.78 is 0. The van der Waals surface area contributed by atoms with Crippen LogP contribution in [0.4, 0.5) is 0 Å². The molecule has 0 heterocycles. The molecule has 0 saturated heterocycles. The Bertz CT molecular complexity index is 544. The number of nitrogens with one attached hydrogen (secondary N) is 1. The molecule has 124 valence electrons. The summed E-state index contributed by atoms with van der Waals surface area (Å²) in [6.07, 6.45) is 4.59. The molecule has 1 aromatic carbocycles. The summed E-state index contributed by atoms with van der Waals surface area (Å²) in [7, 11) is 4.11. The number of allylic oxidation sites excluding steroid dienone is 1. The minimum atomic E-state index is -0.0455. The molecular formula is C19H26N2O2. The van der Waals surface area contributed by atoms with Crippen LogP contribution in [0.1, 0.15) is 37.2 Å². The topological polar surface area (TPSA) is 49.4 Å². The van der Waals surface area contributed by atoms with Crippen LogP contribution in [0, 0.1) is 0 Å². The van der Waals surface area contributed by atoms with Crippen molar-refractivity contribution in [1.29, 1.82) is 0 Å². The molecule has 4 heteroatoms. The molecule has 1 N–H and O–H groups in total. The zero-order valence-electron chi connectivity index (χ0n) is 14.0. The SMILES string of the molecule is CN(C)CCCCNC=C1C(=O)CC(c2ccccc2)CC1=O. The van der Waals surface area contributed by atoms with Crippen molar-refractivity contribution in [3.8, 4) is 0 Å². The van der Waals surface area contributed by atoms with Gasteiger partial charge in [0.2, 0.25) is 0 Å². The fourth-order valence-corrected chi connectivity index (χ4v) is 2.85. The quantitative estimate of drug-likeness (QED) is 0.477. The number of unbranched alkanes of at least 4 members (excludes halogenated alkanes) is 1. The molecule has 1 aromatic rings. The van der Waals surface area contributed by atoms with Gasteiger partial charge in [0.25, 0.3) is 0 Å². The number of benzene rings is 1. The summed E-state index contributed by atoms with van der Waals surface area (Å²) in [5, 5.41) is 3.12. The van der Waals surface area contributed by atoms with Gasteiger partial charge >= 0.3 is 0 Å². The van der Waals surface area contributed by atoms with Crippen molar-refractivity contribution in [2.45, 2.75) is 31.6 Å². The highest BCUT2D eigenvalue weighted by Gasteiger charge is 2.31. The Hall–Kier alpha value is -1.94. The maximum Gasteiger partial charge on any atom is 0.168 e. The lowest BCUT2D eigenvalue weighted by Crippen LogP contribution is -2.26. The third-order valence-electron chi connectivity index (χ3n) is 4.16. The van der Waals surface area contributed by atoms with E-state index in [0.717, 1.165) is 31.5 Å². The highest BCUT2D eigenvalue weighted by atomic mass is 16.1. The van der Waals surface area contributed by atoms with Gasteiger partial charge in [0.1, 0.15) is 0 Å². The van der Waals surface area contributed by atoms with Gasteiger partial charge in [-0.3, -0.25) is 9.59 Å². The van der Waals surface area contributed by atoms with Crippen molar-refractivity contribution in [2.24, 2.45) is 0 Å². The van der Waals surface area contributed by atoms with Crippen LogP contribution in [0.5, 0.6) is 0 Å². The Balaban J connectivity index is 1.84. The summed E-state index contributed by atoms with van der Waals surface area (Å²) in [5.74, 6) is -0.0692. The van der Waals surface area contributed by atoms with Crippen LogP contribution in [-0.4, -0.2) is 43.7 Å². The number of nitrogens with zero attached hydrogens (tertiary/aromatic N) is 1. The van der Waals surface area contributed by atoms with E-state index in [2.05, 4.69) is 24.3 Å². The maximum atomic E-state index is 12.3. The lowest BCUT2D eigenvalue weighted by atomic mass is 9.80. The molecule has 0 aliphatic heterocycles. The molecule has 1 fully saturated rings. The number of ketones is 2. The Morgan fingerprint density at radius 1 is 1.09 bits per heavy atom. The second kappa shape index (κ2) is 8.63. The third-order valence-corrected chi connectivity index (χ3v) is 4.16. The van der Waals surface area contributed by atoms with Crippen LogP contribution in [0.25, 0.3) is 0 Å². The smallest absolute Gasteiger partial charge is 0.168 e. The van der Waals surface area contributed by atoms with Crippen molar-refractivity contribution >= 4 is 11.6 Å². The first-order valence-corrected chi connectivity index (χ1v) is 8.27. The number of carbonyl (C=O) groups excluding carboxylic acids is 2. The second-order valence-electron chi connectivity index (χ2n) is 6.38. The Labute approximate surface area is 138 Å². The van der Waals surface area contributed by atoms with Gasteiger partial charge in [0, 0.05) is 25.6 Å². The van der Waals surface area contributed by atoms with Crippen LogP contribution in [0.15, 0.2) is 42.1 Å². The monoisotopic (exact) mass is 314 g/mol. The van der Waals surface area contributed by atoms with E-state index in [1.165, 1.54) is 0 Å². The van der Waals surface area contributed by atoms with Gasteiger partial charge in [0.15, 0.2) is 11.6 Å². The summed E-state index contributed by atoms with van der Waals surface area (Å²) in [6, 6.07) is 9.82. The summed E-state index contributed by atoms with van der Waals surface area (Å²) in [6.45, 7) is 1.84. The van der Waals surface area contributed by atoms with E-state index in [-0.39, 0.29) is 17.5 Å². The largest absolute Gasteiger partial charge is 0.390 e. The molecule has 1 saturated carbocycles. The predicted octanol–water partition coefficient (Wildman–Crippen LogP) is 2.52. The Morgan fingerprint density at radius 3 is 2.35 bits per heavy atom. The summed E-state index contributed by atoms with van der Waals surface area (Å²) >= 11 is 0. The lowest BCUT2D eigenvalue weighted by Gasteiger charge is -2.22. The molecule has 0 aromatic heterocycles. The highest BCUT2D eigenvalue weighted by Crippen LogP contribution is 2.31. The molecule has 23 heavy (non-hydrogen) atoms. The van der Waals surface area contributed by atoms with E-state index < -0.39 is 0 Å². The van der Waals surface area contributed by atoms with Gasteiger partial charge in [-0.05, 0) is 45.0 Å². The molecule has 1 aliphatic rings. The number of hydrogen-bond acceptors (Lipinski definition) is 4. The second-order valence-corrected chi connectivity index (χ2v) is 6.38. The fraction of sp³-hybridized carbons (Fsp3) is 0.474. The first-order chi connectivity index (χ1) is 11.1. The van der Waals surface area contributed by atoms with Gasteiger partial charge in [-0.2, -0.15) is 0 Å². The average Bonchev–Trinajstić information content (AvgIpc) is 2.53. The molecule has 1 aliphatic carbocycles. The van der Waals surface area contributed by atoms with E-state index >= 15 is 0 Å². The normalized spacial score (nSPS) is 18.4. The summed E-state index contributed by atoms with van der Waals surface area (Å²) in [4.78, 5) is 26.7. The van der Waals surface area contributed by atoms with Gasteiger partial charge in [-0.15, -0.1) is 0 Å². The standard InChI is InChI=1S/C19H26N2O2/c1-21(2)11-7-6-10-20-14-17-18(22)12-16(13-19(17)23)15-8-4-3-5-9-15/h3-5,8-9,14,16,20H,6-7,10-13H2,1-2H3. The van der Waals surface area contributed by atoms with Crippen molar-refractivity contribution < 1.29 is 9.59 Å². The van der Waals surface area contributed by atoms with Gasteiger partial charge in [0.05, 0.1) is 5.57 Å². The molecule has 0 bridgehead atoms. The van der Waals surface area contributed by atoms with Gasteiger partial charge in [-0.25, -0.2) is 0 Å². The maximum absolute atomic E-state index is 12.3. The van der Waals surface area contributed by atoms with E-state index in [4.69, 9.17) is 0 Å². The van der Waals surface area contributed by atoms with Crippen LogP contribution in [0.2, 0.25) is 0 Å². The zero-order valence-corrected chi connectivity index (χ0v) is 14.0. The molecule has 2 rings (SSSR count). The van der Waals surface area contributed by atoms with Gasteiger partial charge in [-0.1, -0.05) is 30.3 Å². The van der Waals surface area contributed by atoms with Crippen molar-refractivity contribution in [2.75, 3.05) is 27.2 Å². The van der Waals surface area contributed by atoms with E-state index in [1.54, 1.807) is 6.20 Å². The number of hydrogen-bond donors (Lipinski definition) is 1. The average molecular weight is 314 g/mol. The Morgan fingerprint density at radius 2 is 1.74 bits per heavy atom. The van der Waals surface area contributed by atoms with Crippen molar-refractivity contribution in [3.63, 3.8) is 0 Å². The molecule has 0 atom stereocenters. The van der Waals surface area contributed by atoms with E-state index in [0.29, 0.717) is 18.4 Å². The minimum Gasteiger partial charge on any atom is -0.390 e. The molecule has 0 spiro atoms. The van der Waals surface area contributed by atoms with Gasteiger partial charge < -0.3 is 10.2 Å². The van der Waals surface area contributed by atoms with E-state index in [1.807, 2.05) is 30.3 Å². The van der Waals surface area contributed by atoms with Crippen LogP contribution in [0.3, 0.4) is 0 Å². The summed E-state index contributed by atoms with van der Waals surface area (Å²) in [5.41, 5.74) is 1.41. The number of Topliss-reactive ketones (excluding diaryl/α,β-unsaturated/α-hetero) is 2. The first kappa shape index (κ1) is 17.4. The molecule has 0 unspecified atom stereocenters. The first-order valence-electron chi connectivity index (χ1n) is 8.27. The van der Waals surface area contributed by atoms with E-state index in [9.17, 15) is 9.59 Å². The minimum absolute atomic E-state index is 0.0217. The van der Waals surface area contributed by atoms with Crippen molar-refractivity contribution in [1.82, 2.24) is 10.2 Å². The molecule has 0 amide bonds. The number of rotatable bonds is 7. The molecule has 4 nitrogen and oxygen atoms in total. The Kier molecular flexibility index (Phi) is 6.53. The predicted molar refractivity (Wildman–Crippen MR) is 92.3 cm³/mol. The highest BCUT2D eigenvalue weighted by molar-refractivity contribution is 6.22. The van der Waals surface area contributed by atoms with Crippen LogP contribution in [-0.2, 0) is 9.59 Å². The third kappa shape index (κ3) is 5.32. The molecule has 0 radical (unpaired) electrons. The number of carbonyl (C=O) groups is 2. The lowest BCUT2D eigenvalue weighted by molar-refractivity contribution is -0.124. The van der Waals surface area contributed by atoms with Crippen LogP contribution >= 0.6 is 0 Å². The molecular weight excluding hydrogens is 288 g/mol. The van der Waals surface area contributed by atoms with Crippen LogP contribution < -0.4 is 5.32 Å². The zero-order chi connectivity index (χ0) is 16.7. The fourth-order valence-electron chi connectivity index (χ4n) is 2.85. The van der Waals surface area contributed by atoms with Crippen molar-refractivity contribution in [3.05, 3.63) is 47.7 Å².